The number of nitrogens with one attached hydrogen (secondary N) is 1. The van der Waals surface area contributed by atoms with Gasteiger partial charge in [0.1, 0.15) is 23.1 Å². The van der Waals surface area contributed by atoms with Gasteiger partial charge in [0.2, 0.25) is 0 Å². The van der Waals surface area contributed by atoms with Crippen molar-refractivity contribution in [2.75, 3.05) is 0 Å². The predicted octanol–water partition coefficient (Wildman–Crippen LogP) is 1.33. The Morgan fingerprint density at radius 1 is 1.16 bits per heavy atom. The number of carboxylic acids is 1. The number of carbonyl (C=O) groups excluding carboxylic acids is 1. The van der Waals surface area contributed by atoms with Crippen molar-refractivity contribution in [2.24, 2.45) is 5.41 Å². The third-order valence-electron chi connectivity index (χ3n) is 2.64. The summed E-state index contributed by atoms with van der Waals surface area (Å²) in [5, 5.41) is 30.5. The SMILES string of the molecule is CC(C)(C)C(NC(=O)c1c(O)cccc1O)C(=O)O. The molecule has 1 aromatic rings. The molecule has 104 valence electrons. The highest BCUT2D eigenvalue weighted by atomic mass is 16.4. The van der Waals surface area contributed by atoms with Crippen LogP contribution in [0.4, 0.5) is 0 Å². The van der Waals surface area contributed by atoms with E-state index in [1.54, 1.807) is 20.8 Å². The van der Waals surface area contributed by atoms with Gasteiger partial charge in [0.15, 0.2) is 0 Å². The van der Waals surface area contributed by atoms with Gasteiger partial charge in [-0.2, -0.15) is 0 Å². The first-order valence-corrected chi connectivity index (χ1v) is 5.69. The Bertz CT molecular complexity index is 484. The Hall–Kier alpha value is -2.24. The number of amides is 1. The van der Waals surface area contributed by atoms with E-state index in [9.17, 15) is 19.8 Å². The fourth-order valence-corrected chi connectivity index (χ4v) is 1.61. The molecule has 6 nitrogen and oxygen atoms in total. The fourth-order valence-electron chi connectivity index (χ4n) is 1.61. The molecule has 0 aromatic heterocycles. The number of phenolic OH excluding ortho intramolecular Hbond substituents is 2. The smallest absolute Gasteiger partial charge is 0.326 e. The lowest BCUT2D eigenvalue weighted by Crippen LogP contribution is -2.49. The van der Waals surface area contributed by atoms with Crippen LogP contribution >= 0.6 is 0 Å². The van der Waals surface area contributed by atoms with E-state index in [1.165, 1.54) is 18.2 Å². The molecule has 19 heavy (non-hydrogen) atoms. The number of aliphatic carboxylic acids is 1. The van der Waals surface area contributed by atoms with Crippen LogP contribution in [0.1, 0.15) is 31.1 Å². The lowest BCUT2D eigenvalue weighted by Gasteiger charge is -2.27. The van der Waals surface area contributed by atoms with Gasteiger partial charge in [-0.3, -0.25) is 4.79 Å². The molecule has 1 rings (SSSR count). The Labute approximate surface area is 110 Å². The number of carbonyl (C=O) groups is 2. The number of benzene rings is 1. The summed E-state index contributed by atoms with van der Waals surface area (Å²) in [7, 11) is 0. The predicted molar refractivity (Wildman–Crippen MR) is 68.1 cm³/mol. The number of carboxylic acid groups (broad SMARTS) is 1. The van der Waals surface area contributed by atoms with Crippen LogP contribution in [0, 0.1) is 5.41 Å². The van der Waals surface area contributed by atoms with Crippen molar-refractivity contribution < 1.29 is 24.9 Å². The van der Waals surface area contributed by atoms with E-state index >= 15 is 0 Å². The topological polar surface area (TPSA) is 107 Å². The van der Waals surface area contributed by atoms with Gasteiger partial charge < -0.3 is 20.6 Å². The van der Waals surface area contributed by atoms with Crippen LogP contribution in [-0.2, 0) is 4.79 Å². The number of hydrogen-bond acceptors (Lipinski definition) is 4. The maximum absolute atomic E-state index is 12.0. The zero-order chi connectivity index (χ0) is 14.8. The molecule has 0 aliphatic rings. The molecule has 0 aliphatic carbocycles. The van der Waals surface area contributed by atoms with E-state index in [0.29, 0.717) is 0 Å². The van der Waals surface area contributed by atoms with E-state index in [2.05, 4.69) is 5.32 Å². The Kier molecular flexibility index (Phi) is 4.04. The van der Waals surface area contributed by atoms with E-state index in [1.807, 2.05) is 0 Å². The highest BCUT2D eigenvalue weighted by Gasteiger charge is 2.33. The van der Waals surface area contributed by atoms with Crippen molar-refractivity contribution in [3.63, 3.8) is 0 Å². The molecule has 6 heteroatoms. The van der Waals surface area contributed by atoms with Gasteiger partial charge in [-0.1, -0.05) is 26.8 Å². The third-order valence-corrected chi connectivity index (χ3v) is 2.64. The minimum atomic E-state index is -1.18. The molecular formula is C13H17NO5. The molecule has 1 aromatic carbocycles. The number of hydrogen-bond donors (Lipinski definition) is 4. The van der Waals surface area contributed by atoms with Crippen molar-refractivity contribution in [1.82, 2.24) is 5.32 Å². The zero-order valence-corrected chi connectivity index (χ0v) is 11.0. The minimum absolute atomic E-state index is 0.335. The summed E-state index contributed by atoms with van der Waals surface area (Å²) in [6, 6.07) is 2.71. The summed E-state index contributed by atoms with van der Waals surface area (Å²) < 4.78 is 0. The minimum Gasteiger partial charge on any atom is -0.507 e. The molecule has 0 bridgehead atoms. The average Bonchev–Trinajstić information content (AvgIpc) is 2.23. The van der Waals surface area contributed by atoms with Crippen molar-refractivity contribution in [1.29, 1.82) is 0 Å². The van der Waals surface area contributed by atoms with Gasteiger partial charge in [0, 0.05) is 0 Å². The Balaban J connectivity index is 3.05. The van der Waals surface area contributed by atoms with Crippen LogP contribution in [0.3, 0.4) is 0 Å². The summed E-state index contributed by atoms with van der Waals surface area (Å²) in [6.45, 7) is 4.99. The zero-order valence-electron chi connectivity index (χ0n) is 11.0. The number of aromatic hydroxyl groups is 2. The van der Waals surface area contributed by atoms with Gasteiger partial charge in [-0.05, 0) is 17.5 Å². The van der Waals surface area contributed by atoms with Crippen LogP contribution in [0.25, 0.3) is 0 Å². The van der Waals surface area contributed by atoms with Crippen LogP contribution in [0.15, 0.2) is 18.2 Å². The van der Waals surface area contributed by atoms with E-state index in [0.717, 1.165) is 0 Å². The first-order valence-electron chi connectivity index (χ1n) is 5.69. The fraction of sp³-hybridized carbons (Fsp3) is 0.385. The largest absolute Gasteiger partial charge is 0.507 e. The summed E-state index contributed by atoms with van der Waals surface area (Å²) in [5.41, 5.74) is -1.04. The lowest BCUT2D eigenvalue weighted by molar-refractivity contribution is -0.142. The third kappa shape index (κ3) is 3.37. The summed E-state index contributed by atoms with van der Waals surface area (Å²) in [6.07, 6.45) is 0. The molecule has 0 saturated heterocycles. The normalized spacial score (nSPS) is 12.8. The lowest BCUT2D eigenvalue weighted by atomic mass is 9.86. The van der Waals surface area contributed by atoms with Gasteiger partial charge >= 0.3 is 5.97 Å². The average molecular weight is 267 g/mol. The molecule has 1 unspecified atom stereocenters. The molecular weight excluding hydrogens is 250 g/mol. The molecule has 4 N–H and O–H groups in total. The number of rotatable bonds is 3. The molecule has 1 amide bonds. The Morgan fingerprint density at radius 2 is 1.63 bits per heavy atom. The molecule has 0 fully saturated rings. The Morgan fingerprint density at radius 3 is 2.00 bits per heavy atom. The van der Waals surface area contributed by atoms with Crippen molar-refractivity contribution in [2.45, 2.75) is 26.8 Å². The van der Waals surface area contributed by atoms with Crippen LogP contribution in [0.2, 0.25) is 0 Å². The standard InChI is InChI=1S/C13H17NO5/c1-13(2,3)10(12(18)19)14-11(17)9-7(15)5-4-6-8(9)16/h4-6,10,15-16H,1-3H3,(H,14,17)(H,18,19). The molecule has 0 heterocycles. The first-order chi connectivity index (χ1) is 8.64. The maximum Gasteiger partial charge on any atom is 0.326 e. The van der Waals surface area contributed by atoms with Crippen LogP contribution < -0.4 is 5.32 Å². The van der Waals surface area contributed by atoms with Crippen LogP contribution in [-0.4, -0.2) is 33.2 Å². The van der Waals surface area contributed by atoms with E-state index in [4.69, 9.17) is 5.11 Å². The van der Waals surface area contributed by atoms with E-state index < -0.39 is 34.8 Å². The van der Waals surface area contributed by atoms with Gasteiger partial charge in [0.25, 0.3) is 5.91 Å². The van der Waals surface area contributed by atoms with Gasteiger partial charge in [-0.25, -0.2) is 4.79 Å². The van der Waals surface area contributed by atoms with Crippen molar-refractivity contribution >= 4 is 11.9 Å². The van der Waals surface area contributed by atoms with Crippen molar-refractivity contribution in [3.05, 3.63) is 23.8 Å². The highest BCUT2D eigenvalue weighted by molar-refractivity contribution is 6.01. The second-order valence-electron chi connectivity index (χ2n) is 5.28. The van der Waals surface area contributed by atoms with E-state index in [-0.39, 0.29) is 5.56 Å². The molecule has 0 radical (unpaired) electrons. The number of phenols is 2. The summed E-state index contributed by atoms with van der Waals surface area (Å²) in [5.74, 6) is -2.83. The summed E-state index contributed by atoms with van der Waals surface area (Å²) >= 11 is 0. The molecule has 1 atom stereocenters. The van der Waals surface area contributed by atoms with Gasteiger partial charge in [0.05, 0.1) is 0 Å². The quantitative estimate of drug-likeness (QED) is 0.661. The maximum atomic E-state index is 12.0. The van der Waals surface area contributed by atoms with Crippen molar-refractivity contribution in [3.8, 4) is 11.5 Å². The van der Waals surface area contributed by atoms with Gasteiger partial charge in [-0.15, -0.1) is 0 Å². The first kappa shape index (κ1) is 14.8. The second-order valence-corrected chi connectivity index (χ2v) is 5.28. The second kappa shape index (κ2) is 5.17. The molecule has 0 spiro atoms. The summed E-state index contributed by atoms with van der Waals surface area (Å²) in [4.78, 5) is 23.1. The highest BCUT2D eigenvalue weighted by Crippen LogP contribution is 2.27. The molecule has 0 aliphatic heterocycles. The van der Waals surface area contributed by atoms with Crippen LogP contribution in [0.5, 0.6) is 11.5 Å². The molecule has 0 saturated carbocycles. The monoisotopic (exact) mass is 267 g/mol.